The van der Waals surface area contributed by atoms with Crippen LogP contribution in [-0.4, -0.2) is 18.1 Å². The zero-order chi connectivity index (χ0) is 30.0. The van der Waals surface area contributed by atoms with Crippen molar-refractivity contribution in [2.24, 2.45) is 0 Å². The van der Waals surface area contributed by atoms with E-state index in [1.165, 1.54) is 180 Å². The van der Waals surface area contributed by atoms with Crippen LogP contribution in [0.15, 0.2) is 0 Å². The summed E-state index contributed by atoms with van der Waals surface area (Å²) in [4.78, 5) is 9.88. The van der Waals surface area contributed by atoms with Gasteiger partial charge in [-0.1, -0.05) is 206 Å². The molecule has 0 saturated heterocycles. The van der Waals surface area contributed by atoms with Crippen LogP contribution in [0.4, 0.5) is 0 Å². The van der Waals surface area contributed by atoms with Gasteiger partial charge in [-0.2, -0.15) is 0 Å². The Balaban J connectivity index is 3.26. The predicted molar refractivity (Wildman–Crippen MR) is 181 cm³/mol. The Bertz CT molecular complexity index is 486. The van der Waals surface area contributed by atoms with Crippen LogP contribution in [0.2, 0.25) is 0 Å². The Morgan fingerprint density at radius 3 is 0.707 bits per heavy atom. The molecule has 41 heavy (non-hydrogen) atoms. The maximum Gasteiger partial charge on any atom is 0.472 e. The standard InChI is InChI=1S/C36H75O4P/c1-3-5-7-9-11-13-15-17-19-21-23-25-27-29-31-33-35-39-41(37,38)40-36-34-32-30-28-26-24-22-20-18-16-14-12-10-8-6-4-2/h3-36H2,1-2H3,(H,37,38). The van der Waals surface area contributed by atoms with Gasteiger partial charge in [0.15, 0.2) is 0 Å². The van der Waals surface area contributed by atoms with Gasteiger partial charge in [0.1, 0.15) is 0 Å². The zero-order valence-corrected chi connectivity index (χ0v) is 29.1. The highest BCUT2D eigenvalue weighted by Crippen LogP contribution is 2.43. The molecule has 0 amide bonds. The van der Waals surface area contributed by atoms with Crippen molar-refractivity contribution in [1.82, 2.24) is 0 Å². The monoisotopic (exact) mass is 603 g/mol. The van der Waals surface area contributed by atoms with E-state index in [4.69, 9.17) is 9.05 Å². The van der Waals surface area contributed by atoms with Crippen molar-refractivity contribution in [3.8, 4) is 0 Å². The summed E-state index contributed by atoms with van der Waals surface area (Å²) in [6.45, 7) is 5.21. The van der Waals surface area contributed by atoms with Crippen LogP contribution >= 0.6 is 7.82 Å². The van der Waals surface area contributed by atoms with Gasteiger partial charge in [-0.15, -0.1) is 0 Å². The van der Waals surface area contributed by atoms with Crippen LogP contribution in [0.3, 0.4) is 0 Å². The molecule has 5 heteroatoms. The van der Waals surface area contributed by atoms with E-state index >= 15 is 0 Å². The fraction of sp³-hybridized carbons (Fsp3) is 1.00. The average molecular weight is 603 g/mol. The molecule has 0 aliphatic heterocycles. The molecule has 0 aromatic heterocycles. The minimum atomic E-state index is -3.87. The van der Waals surface area contributed by atoms with Gasteiger partial charge < -0.3 is 4.89 Å². The van der Waals surface area contributed by atoms with E-state index in [0.29, 0.717) is 13.2 Å². The molecule has 0 bridgehead atoms. The lowest BCUT2D eigenvalue weighted by Gasteiger charge is -2.12. The van der Waals surface area contributed by atoms with E-state index in [1.54, 1.807) is 0 Å². The molecule has 0 fully saturated rings. The van der Waals surface area contributed by atoms with Crippen molar-refractivity contribution in [1.29, 1.82) is 0 Å². The summed E-state index contributed by atoms with van der Waals surface area (Å²) in [6, 6.07) is 0. The summed E-state index contributed by atoms with van der Waals surface area (Å²) in [6.07, 6.45) is 42.2. The number of phosphoric acid groups is 1. The van der Waals surface area contributed by atoms with Gasteiger partial charge in [-0.3, -0.25) is 9.05 Å². The van der Waals surface area contributed by atoms with Crippen molar-refractivity contribution in [3.63, 3.8) is 0 Å². The lowest BCUT2D eigenvalue weighted by Crippen LogP contribution is -1.99. The molecule has 0 atom stereocenters. The molecular weight excluding hydrogens is 527 g/mol. The SMILES string of the molecule is CCCCCCCCCCCCCCCCCCOP(=O)(O)OCCCCCCCCCCCCCCCCCC. The zero-order valence-electron chi connectivity index (χ0n) is 28.2. The van der Waals surface area contributed by atoms with Crippen molar-refractivity contribution in [3.05, 3.63) is 0 Å². The minimum Gasteiger partial charge on any atom is -0.302 e. The first-order valence-electron chi connectivity index (χ1n) is 18.7. The van der Waals surface area contributed by atoms with E-state index in [9.17, 15) is 9.46 Å². The maximum atomic E-state index is 12.0. The Hall–Kier alpha value is 0.110. The first-order chi connectivity index (χ1) is 20.1. The topological polar surface area (TPSA) is 55.8 Å². The summed E-state index contributed by atoms with van der Waals surface area (Å²) in [7, 11) is -3.87. The second kappa shape index (κ2) is 34.6. The lowest BCUT2D eigenvalue weighted by molar-refractivity contribution is 0.145. The smallest absolute Gasteiger partial charge is 0.302 e. The largest absolute Gasteiger partial charge is 0.472 e. The second-order valence-corrected chi connectivity index (χ2v) is 14.2. The van der Waals surface area contributed by atoms with E-state index < -0.39 is 7.82 Å². The summed E-state index contributed by atoms with van der Waals surface area (Å²) in [5, 5.41) is 0. The van der Waals surface area contributed by atoms with Crippen molar-refractivity contribution in [2.45, 2.75) is 219 Å². The highest BCUT2D eigenvalue weighted by molar-refractivity contribution is 7.47. The van der Waals surface area contributed by atoms with Crippen molar-refractivity contribution >= 4 is 7.82 Å². The number of unbranched alkanes of at least 4 members (excludes halogenated alkanes) is 30. The summed E-state index contributed by atoms with van der Waals surface area (Å²) in [5.74, 6) is 0. The van der Waals surface area contributed by atoms with Crippen molar-refractivity contribution < 1.29 is 18.5 Å². The van der Waals surface area contributed by atoms with Crippen molar-refractivity contribution in [2.75, 3.05) is 13.2 Å². The highest BCUT2D eigenvalue weighted by Gasteiger charge is 2.19. The highest BCUT2D eigenvalue weighted by atomic mass is 31.2. The third-order valence-corrected chi connectivity index (χ3v) is 9.52. The van der Waals surface area contributed by atoms with E-state index in [-0.39, 0.29) is 0 Å². The predicted octanol–water partition coefficient (Wildman–Crippen LogP) is 13.6. The van der Waals surface area contributed by atoms with Gasteiger partial charge in [0, 0.05) is 0 Å². The van der Waals surface area contributed by atoms with Crippen LogP contribution in [0.25, 0.3) is 0 Å². The fourth-order valence-corrected chi connectivity index (χ4v) is 6.49. The second-order valence-electron chi connectivity index (χ2n) is 12.7. The average Bonchev–Trinajstić information content (AvgIpc) is 2.96. The van der Waals surface area contributed by atoms with Gasteiger partial charge >= 0.3 is 7.82 Å². The minimum absolute atomic E-state index is 0.325. The van der Waals surface area contributed by atoms with Crippen LogP contribution < -0.4 is 0 Å². The molecule has 0 aromatic carbocycles. The molecule has 0 radical (unpaired) electrons. The number of hydrogen-bond acceptors (Lipinski definition) is 3. The third-order valence-electron chi connectivity index (χ3n) is 8.50. The van der Waals surface area contributed by atoms with Gasteiger partial charge in [-0.05, 0) is 12.8 Å². The quantitative estimate of drug-likeness (QED) is 0.0572. The Kier molecular flexibility index (Phi) is 34.7. The normalized spacial score (nSPS) is 12.0. The van der Waals surface area contributed by atoms with Gasteiger partial charge in [0.2, 0.25) is 0 Å². The molecule has 0 aromatic rings. The molecule has 0 aliphatic rings. The molecule has 1 N–H and O–H groups in total. The Morgan fingerprint density at radius 2 is 0.512 bits per heavy atom. The molecule has 0 heterocycles. The summed E-state index contributed by atoms with van der Waals surface area (Å²) >= 11 is 0. The number of hydrogen-bond donors (Lipinski definition) is 1. The molecular formula is C36H75O4P. The molecule has 4 nitrogen and oxygen atoms in total. The molecule has 0 spiro atoms. The Morgan fingerprint density at radius 1 is 0.341 bits per heavy atom. The number of rotatable bonds is 36. The third kappa shape index (κ3) is 36.2. The molecule has 0 unspecified atom stereocenters. The van der Waals surface area contributed by atoms with Gasteiger partial charge in [-0.25, -0.2) is 4.57 Å². The van der Waals surface area contributed by atoms with Crippen LogP contribution in [0.5, 0.6) is 0 Å². The maximum absolute atomic E-state index is 12.0. The first kappa shape index (κ1) is 41.1. The van der Waals surface area contributed by atoms with Gasteiger partial charge in [0.05, 0.1) is 13.2 Å². The van der Waals surface area contributed by atoms with Crippen LogP contribution in [-0.2, 0) is 13.6 Å². The first-order valence-corrected chi connectivity index (χ1v) is 20.2. The van der Waals surface area contributed by atoms with E-state index in [2.05, 4.69) is 13.8 Å². The summed E-state index contributed by atoms with van der Waals surface area (Å²) < 4.78 is 22.4. The molecule has 0 saturated carbocycles. The van der Waals surface area contributed by atoms with Crippen LogP contribution in [0, 0.1) is 0 Å². The lowest BCUT2D eigenvalue weighted by atomic mass is 10.0. The van der Waals surface area contributed by atoms with E-state index in [1.807, 2.05) is 0 Å². The van der Waals surface area contributed by atoms with E-state index in [0.717, 1.165) is 25.7 Å². The fourth-order valence-electron chi connectivity index (χ4n) is 5.70. The van der Waals surface area contributed by atoms with Gasteiger partial charge in [0.25, 0.3) is 0 Å². The molecule has 0 aliphatic carbocycles. The molecule has 0 rings (SSSR count). The number of phosphoric ester groups is 1. The van der Waals surface area contributed by atoms with Crippen LogP contribution in [0.1, 0.15) is 219 Å². The Labute approximate surface area is 258 Å². The molecule has 248 valence electrons. The summed E-state index contributed by atoms with van der Waals surface area (Å²) in [5.41, 5.74) is 0.